The number of rotatable bonds is 4. The third-order valence-corrected chi connectivity index (χ3v) is 5.02. The van der Waals surface area contributed by atoms with E-state index in [1.165, 1.54) is 41.5 Å². The van der Waals surface area contributed by atoms with E-state index < -0.39 is 0 Å². The van der Waals surface area contributed by atoms with Gasteiger partial charge in [-0.15, -0.1) is 0 Å². The largest absolute Gasteiger partial charge is 0.271 e. The lowest BCUT2D eigenvalue weighted by Crippen LogP contribution is -2.29. The molecule has 0 heterocycles. The van der Waals surface area contributed by atoms with Gasteiger partial charge in [-0.2, -0.15) is 0 Å². The molecular weight excluding hydrogens is 324 g/mol. The zero-order valence-corrected chi connectivity index (χ0v) is 13.9. The molecule has 2 aromatic carbocycles. The zero-order valence-electron chi connectivity index (χ0n) is 12.3. The first-order chi connectivity index (χ1) is 10.2. The van der Waals surface area contributed by atoms with Crippen molar-refractivity contribution in [2.45, 2.75) is 38.1 Å². The molecule has 3 N–H and O–H groups in total. The van der Waals surface area contributed by atoms with Crippen molar-refractivity contribution in [2.24, 2.45) is 5.84 Å². The highest BCUT2D eigenvalue weighted by Crippen LogP contribution is 2.37. The van der Waals surface area contributed by atoms with E-state index in [4.69, 9.17) is 5.84 Å². The molecule has 1 fully saturated rings. The molecule has 1 saturated carbocycles. The summed E-state index contributed by atoms with van der Waals surface area (Å²) in [5.74, 6) is 6.60. The number of nitrogens with one attached hydrogen (secondary N) is 1. The SMILES string of the molecule is Cc1cc(Br)ccc1C(NN)c1cccc(C2CCC2)c1. The molecule has 0 radical (unpaired) electrons. The van der Waals surface area contributed by atoms with Gasteiger partial charge in [-0.25, -0.2) is 5.43 Å². The van der Waals surface area contributed by atoms with Crippen LogP contribution in [0.25, 0.3) is 0 Å². The summed E-state index contributed by atoms with van der Waals surface area (Å²) in [5.41, 5.74) is 8.14. The van der Waals surface area contributed by atoms with Gasteiger partial charge in [0.25, 0.3) is 0 Å². The average molecular weight is 345 g/mol. The second-order valence-corrected chi connectivity index (χ2v) is 6.81. The number of hydrogen-bond donors (Lipinski definition) is 2. The third-order valence-electron chi connectivity index (χ3n) is 4.53. The number of halogens is 1. The first kappa shape index (κ1) is 14.8. The van der Waals surface area contributed by atoms with Crippen LogP contribution in [0.1, 0.15) is 53.5 Å². The van der Waals surface area contributed by atoms with Crippen LogP contribution in [0.15, 0.2) is 46.9 Å². The monoisotopic (exact) mass is 344 g/mol. The molecule has 2 aromatic rings. The molecule has 0 saturated heterocycles. The first-order valence-electron chi connectivity index (χ1n) is 7.51. The Balaban J connectivity index is 1.95. The van der Waals surface area contributed by atoms with Gasteiger partial charge in [0, 0.05) is 4.47 Å². The maximum atomic E-state index is 5.85. The van der Waals surface area contributed by atoms with E-state index in [2.05, 4.69) is 70.7 Å². The van der Waals surface area contributed by atoms with Crippen molar-refractivity contribution in [1.29, 1.82) is 0 Å². The van der Waals surface area contributed by atoms with Gasteiger partial charge in [0.2, 0.25) is 0 Å². The van der Waals surface area contributed by atoms with Gasteiger partial charge in [-0.1, -0.05) is 52.7 Å². The number of hydrogen-bond acceptors (Lipinski definition) is 2. The normalized spacial score (nSPS) is 16.5. The van der Waals surface area contributed by atoms with Crippen molar-refractivity contribution in [3.05, 3.63) is 69.2 Å². The maximum absolute atomic E-state index is 5.85. The van der Waals surface area contributed by atoms with E-state index in [9.17, 15) is 0 Å². The molecule has 1 unspecified atom stereocenters. The molecule has 0 bridgehead atoms. The average Bonchev–Trinajstić information content (AvgIpc) is 2.40. The molecule has 0 aliphatic heterocycles. The molecular formula is C18H21BrN2. The van der Waals surface area contributed by atoms with E-state index in [0.717, 1.165) is 10.4 Å². The molecule has 0 amide bonds. The Hall–Kier alpha value is -1.16. The molecule has 1 aliphatic rings. The Bertz CT molecular complexity index is 635. The summed E-state index contributed by atoms with van der Waals surface area (Å²) >= 11 is 3.52. The van der Waals surface area contributed by atoms with Gasteiger partial charge in [0.1, 0.15) is 0 Å². The van der Waals surface area contributed by atoms with E-state index in [1.54, 1.807) is 0 Å². The highest BCUT2D eigenvalue weighted by Gasteiger charge is 2.21. The Morgan fingerprint density at radius 3 is 2.62 bits per heavy atom. The maximum Gasteiger partial charge on any atom is 0.0712 e. The summed E-state index contributed by atoms with van der Waals surface area (Å²) in [6, 6.07) is 15.3. The second kappa shape index (κ2) is 6.30. The van der Waals surface area contributed by atoms with Crippen LogP contribution in [-0.2, 0) is 0 Å². The number of aryl methyl sites for hydroxylation is 1. The van der Waals surface area contributed by atoms with E-state index in [0.29, 0.717) is 0 Å². The number of hydrazine groups is 1. The van der Waals surface area contributed by atoms with Crippen molar-refractivity contribution in [1.82, 2.24) is 5.43 Å². The highest BCUT2D eigenvalue weighted by molar-refractivity contribution is 9.10. The Morgan fingerprint density at radius 1 is 1.19 bits per heavy atom. The smallest absolute Gasteiger partial charge is 0.0712 e. The Kier molecular flexibility index (Phi) is 4.43. The minimum absolute atomic E-state index is 0.0399. The quantitative estimate of drug-likeness (QED) is 0.629. The lowest BCUT2D eigenvalue weighted by molar-refractivity contribution is 0.419. The summed E-state index contributed by atoms with van der Waals surface area (Å²) < 4.78 is 1.10. The summed E-state index contributed by atoms with van der Waals surface area (Å²) in [6.45, 7) is 2.13. The lowest BCUT2D eigenvalue weighted by atomic mass is 9.79. The number of benzene rings is 2. The minimum atomic E-state index is 0.0399. The first-order valence-corrected chi connectivity index (χ1v) is 8.30. The molecule has 1 atom stereocenters. The Labute approximate surface area is 134 Å². The lowest BCUT2D eigenvalue weighted by Gasteiger charge is -2.27. The molecule has 110 valence electrons. The van der Waals surface area contributed by atoms with Crippen molar-refractivity contribution in [3.63, 3.8) is 0 Å². The van der Waals surface area contributed by atoms with Gasteiger partial charge in [-0.05, 0) is 60.1 Å². The van der Waals surface area contributed by atoms with Crippen LogP contribution in [0.4, 0.5) is 0 Å². The summed E-state index contributed by atoms with van der Waals surface area (Å²) in [5, 5.41) is 0. The van der Waals surface area contributed by atoms with E-state index in [-0.39, 0.29) is 6.04 Å². The molecule has 0 aromatic heterocycles. The predicted molar refractivity (Wildman–Crippen MR) is 91.1 cm³/mol. The van der Waals surface area contributed by atoms with Gasteiger partial charge >= 0.3 is 0 Å². The van der Waals surface area contributed by atoms with Crippen molar-refractivity contribution in [2.75, 3.05) is 0 Å². The van der Waals surface area contributed by atoms with Crippen molar-refractivity contribution < 1.29 is 0 Å². The second-order valence-electron chi connectivity index (χ2n) is 5.90. The van der Waals surface area contributed by atoms with Gasteiger partial charge in [0.15, 0.2) is 0 Å². The third kappa shape index (κ3) is 3.05. The summed E-state index contributed by atoms with van der Waals surface area (Å²) in [4.78, 5) is 0. The molecule has 2 nitrogen and oxygen atoms in total. The van der Waals surface area contributed by atoms with Crippen LogP contribution < -0.4 is 11.3 Å². The van der Waals surface area contributed by atoms with Gasteiger partial charge in [0.05, 0.1) is 6.04 Å². The zero-order chi connectivity index (χ0) is 14.8. The molecule has 0 spiro atoms. The van der Waals surface area contributed by atoms with Crippen LogP contribution in [0.3, 0.4) is 0 Å². The van der Waals surface area contributed by atoms with Crippen LogP contribution in [-0.4, -0.2) is 0 Å². The van der Waals surface area contributed by atoms with Crippen LogP contribution in [0, 0.1) is 6.92 Å². The van der Waals surface area contributed by atoms with Crippen LogP contribution in [0.2, 0.25) is 0 Å². The fourth-order valence-electron chi connectivity index (χ4n) is 3.06. The molecule has 1 aliphatic carbocycles. The fourth-order valence-corrected chi connectivity index (χ4v) is 3.54. The summed E-state index contributed by atoms with van der Waals surface area (Å²) in [6.07, 6.45) is 4.00. The topological polar surface area (TPSA) is 38.0 Å². The standard InChI is InChI=1S/C18H21BrN2/c1-12-10-16(19)8-9-17(12)18(21-20)15-7-3-6-14(11-15)13-4-2-5-13/h3,6-11,13,18,21H,2,4-5,20H2,1H3. The van der Waals surface area contributed by atoms with Crippen molar-refractivity contribution >= 4 is 15.9 Å². The fraction of sp³-hybridized carbons (Fsp3) is 0.333. The molecule has 3 rings (SSSR count). The molecule has 21 heavy (non-hydrogen) atoms. The van der Waals surface area contributed by atoms with Crippen LogP contribution in [0.5, 0.6) is 0 Å². The predicted octanol–water partition coefficient (Wildman–Crippen LogP) is 4.58. The Morgan fingerprint density at radius 2 is 2.00 bits per heavy atom. The highest BCUT2D eigenvalue weighted by atomic mass is 79.9. The number of nitrogens with two attached hydrogens (primary N) is 1. The molecule has 3 heteroatoms. The van der Waals surface area contributed by atoms with E-state index >= 15 is 0 Å². The van der Waals surface area contributed by atoms with E-state index in [1.807, 2.05) is 0 Å². The minimum Gasteiger partial charge on any atom is -0.271 e. The van der Waals surface area contributed by atoms with Gasteiger partial charge in [-0.3, -0.25) is 5.84 Å². The summed E-state index contributed by atoms with van der Waals surface area (Å²) in [7, 11) is 0. The van der Waals surface area contributed by atoms with Gasteiger partial charge < -0.3 is 0 Å². The van der Waals surface area contributed by atoms with Crippen molar-refractivity contribution in [3.8, 4) is 0 Å². The van der Waals surface area contributed by atoms with Crippen LogP contribution >= 0.6 is 15.9 Å².